The lowest BCUT2D eigenvalue weighted by molar-refractivity contribution is -0.134. The smallest absolute Gasteiger partial charge is 0.219 e. The van der Waals surface area contributed by atoms with Crippen molar-refractivity contribution < 1.29 is 4.79 Å². The van der Waals surface area contributed by atoms with Gasteiger partial charge in [0.25, 0.3) is 0 Å². The molecular weight excluding hydrogens is 202 g/mol. The summed E-state index contributed by atoms with van der Waals surface area (Å²) < 4.78 is 2.02. The first-order chi connectivity index (χ1) is 6.32. The topological polar surface area (TPSA) is 20.3 Å². The summed E-state index contributed by atoms with van der Waals surface area (Å²) in [7, 11) is 0.266. The van der Waals surface area contributed by atoms with E-state index in [0.717, 1.165) is 0 Å². The van der Waals surface area contributed by atoms with E-state index >= 15 is 0 Å². The molecule has 0 spiro atoms. The van der Waals surface area contributed by atoms with Crippen molar-refractivity contribution >= 4 is 14.1 Å². The van der Waals surface area contributed by atoms with Gasteiger partial charge in [-0.2, -0.15) is 0 Å². The van der Waals surface area contributed by atoms with E-state index in [2.05, 4.69) is 33.9 Å². The quantitative estimate of drug-likeness (QED) is 0.630. The first kappa shape index (κ1) is 14.7. The third kappa shape index (κ3) is 3.07. The minimum absolute atomic E-state index is 0.211. The van der Waals surface area contributed by atoms with Gasteiger partial charge in [0, 0.05) is 12.5 Å². The fraction of sp³-hybridized carbons (Fsp3) is 0.917. The van der Waals surface area contributed by atoms with Crippen molar-refractivity contribution in [3.63, 3.8) is 0 Å². The Labute approximate surface area is 96.1 Å². The number of hydrogen-bond donors (Lipinski definition) is 0. The van der Waals surface area contributed by atoms with E-state index < -0.39 is 8.24 Å². The molecule has 0 bridgehead atoms. The molecule has 2 nitrogen and oxygen atoms in total. The summed E-state index contributed by atoms with van der Waals surface area (Å²) in [5.41, 5.74) is -0.274. The summed E-state index contributed by atoms with van der Waals surface area (Å²) in [6, 6.07) is 0. The van der Waals surface area contributed by atoms with Gasteiger partial charge < -0.3 is 4.57 Å². The van der Waals surface area contributed by atoms with Crippen molar-refractivity contribution in [1.29, 1.82) is 0 Å². The third-order valence-corrected chi connectivity index (χ3v) is 9.17. The Kier molecular flexibility index (Phi) is 3.84. The molecule has 15 heavy (non-hydrogen) atoms. The monoisotopic (exact) mass is 229 g/mol. The second-order valence-electron chi connectivity index (χ2n) is 6.92. The minimum Gasteiger partial charge on any atom is -0.371 e. The van der Waals surface area contributed by atoms with Gasteiger partial charge in [-0.3, -0.25) is 4.79 Å². The van der Waals surface area contributed by atoms with E-state index in [1.165, 1.54) is 0 Å². The maximum absolute atomic E-state index is 12.2. The van der Waals surface area contributed by atoms with Gasteiger partial charge in [0.15, 0.2) is 8.24 Å². The minimum atomic E-state index is -1.70. The molecule has 0 aliphatic carbocycles. The Bertz CT molecular complexity index is 245. The summed E-state index contributed by atoms with van der Waals surface area (Å²) in [5, 5.41) is 0.211. The molecular formula is C12H27NOSi. The fourth-order valence-electron chi connectivity index (χ4n) is 1.26. The van der Waals surface area contributed by atoms with Crippen LogP contribution >= 0.6 is 0 Å². The molecule has 0 aromatic heterocycles. The van der Waals surface area contributed by atoms with Crippen molar-refractivity contribution in [3.8, 4) is 0 Å². The molecule has 0 saturated carbocycles. The third-order valence-electron chi connectivity index (χ3n) is 3.62. The molecule has 3 heteroatoms. The molecule has 1 amide bonds. The molecule has 0 radical (unpaired) electrons. The maximum atomic E-state index is 12.2. The van der Waals surface area contributed by atoms with Crippen LogP contribution in [-0.2, 0) is 4.79 Å². The zero-order chi connectivity index (χ0) is 12.7. The summed E-state index contributed by atoms with van der Waals surface area (Å²) in [5.74, 6) is 0.258. The first-order valence-corrected chi connectivity index (χ1v) is 8.55. The Morgan fingerprint density at radius 3 is 1.53 bits per heavy atom. The standard InChI is InChI=1S/C12H27NOSi/c1-11(2,3)10(14)13(7)15(8,9)12(4,5)6/h1-9H3. The van der Waals surface area contributed by atoms with Crippen LogP contribution in [0.3, 0.4) is 0 Å². The molecule has 0 aromatic rings. The maximum Gasteiger partial charge on any atom is 0.219 e. The van der Waals surface area contributed by atoms with Crippen molar-refractivity contribution in [3.05, 3.63) is 0 Å². The van der Waals surface area contributed by atoms with Gasteiger partial charge >= 0.3 is 0 Å². The molecule has 0 heterocycles. The highest BCUT2D eigenvalue weighted by molar-refractivity contribution is 6.79. The van der Waals surface area contributed by atoms with Gasteiger partial charge in [0.2, 0.25) is 5.91 Å². The van der Waals surface area contributed by atoms with Crippen LogP contribution in [0, 0.1) is 5.41 Å². The number of carbonyl (C=O) groups is 1. The molecule has 0 fully saturated rings. The zero-order valence-corrected chi connectivity index (χ0v) is 12.9. The SMILES string of the molecule is CN(C(=O)C(C)(C)C)[Si](C)(C)C(C)(C)C. The van der Waals surface area contributed by atoms with Crippen molar-refractivity contribution in [2.45, 2.75) is 59.7 Å². The van der Waals surface area contributed by atoms with E-state index in [1.54, 1.807) is 0 Å². The Hall–Kier alpha value is -0.313. The molecule has 0 N–H and O–H groups in total. The van der Waals surface area contributed by atoms with Gasteiger partial charge in [-0.25, -0.2) is 0 Å². The van der Waals surface area contributed by atoms with Crippen molar-refractivity contribution in [2.75, 3.05) is 7.05 Å². The highest BCUT2D eigenvalue weighted by Gasteiger charge is 2.43. The summed E-state index contributed by atoms with van der Waals surface area (Å²) in [6.07, 6.45) is 0. The van der Waals surface area contributed by atoms with Gasteiger partial charge in [0.1, 0.15) is 0 Å². The summed E-state index contributed by atoms with van der Waals surface area (Å²) >= 11 is 0. The molecule has 0 atom stereocenters. The van der Waals surface area contributed by atoms with Gasteiger partial charge in [-0.15, -0.1) is 0 Å². The molecule has 0 unspecified atom stereocenters. The Balaban J connectivity index is 5.03. The molecule has 0 aliphatic heterocycles. The molecule has 0 aromatic carbocycles. The van der Waals surface area contributed by atoms with Crippen LogP contribution in [0.1, 0.15) is 41.5 Å². The average molecular weight is 229 g/mol. The highest BCUT2D eigenvalue weighted by Crippen LogP contribution is 2.38. The Morgan fingerprint density at radius 1 is 1.00 bits per heavy atom. The molecule has 0 saturated heterocycles. The van der Waals surface area contributed by atoms with Gasteiger partial charge in [0.05, 0.1) is 0 Å². The molecule has 0 aliphatic rings. The number of nitrogens with zero attached hydrogens (tertiary/aromatic N) is 1. The zero-order valence-electron chi connectivity index (χ0n) is 11.9. The lowest BCUT2D eigenvalue weighted by Gasteiger charge is -2.45. The van der Waals surface area contributed by atoms with Gasteiger partial charge in [-0.05, 0) is 5.04 Å². The predicted octanol–water partition coefficient (Wildman–Crippen LogP) is 3.50. The van der Waals surface area contributed by atoms with Gasteiger partial charge in [-0.1, -0.05) is 54.6 Å². The summed E-state index contributed by atoms with van der Waals surface area (Å²) in [4.78, 5) is 12.2. The van der Waals surface area contributed by atoms with E-state index in [9.17, 15) is 4.79 Å². The van der Waals surface area contributed by atoms with Crippen LogP contribution in [0.2, 0.25) is 18.1 Å². The summed E-state index contributed by atoms with van der Waals surface area (Å²) in [6.45, 7) is 17.2. The normalized spacial score (nSPS) is 13.9. The van der Waals surface area contributed by atoms with E-state index in [-0.39, 0.29) is 16.4 Å². The largest absolute Gasteiger partial charge is 0.371 e. The molecule has 0 rings (SSSR count). The van der Waals surface area contributed by atoms with Crippen LogP contribution < -0.4 is 0 Å². The van der Waals surface area contributed by atoms with Crippen molar-refractivity contribution in [1.82, 2.24) is 4.57 Å². The molecule has 90 valence electrons. The average Bonchev–Trinajstić information content (AvgIpc) is 1.97. The van der Waals surface area contributed by atoms with E-state index in [0.29, 0.717) is 0 Å². The number of amides is 1. The lowest BCUT2D eigenvalue weighted by Crippen LogP contribution is -2.57. The highest BCUT2D eigenvalue weighted by atomic mass is 28.3. The van der Waals surface area contributed by atoms with Crippen LogP contribution in [0.15, 0.2) is 0 Å². The second kappa shape index (κ2) is 3.93. The van der Waals surface area contributed by atoms with E-state index in [4.69, 9.17) is 0 Å². The predicted molar refractivity (Wildman–Crippen MR) is 69.4 cm³/mol. The number of rotatable bonds is 1. The van der Waals surface area contributed by atoms with E-state index in [1.807, 2.05) is 32.4 Å². The fourth-order valence-corrected chi connectivity index (χ4v) is 3.11. The Morgan fingerprint density at radius 2 is 1.33 bits per heavy atom. The lowest BCUT2D eigenvalue weighted by atomic mass is 9.96. The van der Waals surface area contributed by atoms with Crippen LogP contribution in [0.4, 0.5) is 0 Å². The van der Waals surface area contributed by atoms with Crippen LogP contribution in [0.25, 0.3) is 0 Å². The number of hydrogen-bond acceptors (Lipinski definition) is 1. The second-order valence-corrected chi connectivity index (χ2v) is 12.2. The number of carbonyl (C=O) groups excluding carboxylic acids is 1. The van der Waals surface area contributed by atoms with Crippen LogP contribution in [-0.4, -0.2) is 25.8 Å². The van der Waals surface area contributed by atoms with Crippen LogP contribution in [0.5, 0.6) is 0 Å². The first-order valence-electron chi connectivity index (χ1n) is 5.60. The van der Waals surface area contributed by atoms with Crippen molar-refractivity contribution in [2.24, 2.45) is 5.41 Å².